The van der Waals surface area contributed by atoms with Gasteiger partial charge in [0.2, 0.25) is 0 Å². The van der Waals surface area contributed by atoms with Crippen LogP contribution >= 0.6 is 22.9 Å². The van der Waals surface area contributed by atoms with Crippen molar-refractivity contribution < 1.29 is 0 Å². The molecule has 0 bridgehead atoms. The number of anilines is 1. The van der Waals surface area contributed by atoms with Gasteiger partial charge in [0.05, 0.1) is 0 Å². The summed E-state index contributed by atoms with van der Waals surface area (Å²) in [6, 6.07) is 2.16. The maximum atomic E-state index is 4.17. The lowest BCUT2D eigenvalue weighted by molar-refractivity contribution is 0.316. The molecule has 2 rings (SSSR count). The largest absolute Gasteiger partial charge is 0.374 e. The van der Waals surface area contributed by atoms with Crippen molar-refractivity contribution in [3.63, 3.8) is 0 Å². The first-order chi connectivity index (χ1) is 8.29. The third-order valence-electron chi connectivity index (χ3n) is 2.35. The molecule has 6 heteroatoms. The number of hydrogen-bond donors (Lipinski definition) is 1. The maximum absolute atomic E-state index is 4.17. The van der Waals surface area contributed by atoms with Crippen molar-refractivity contribution in [1.82, 2.24) is 14.5 Å². The van der Waals surface area contributed by atoms with Crippen molar-refractivity contribution in [2.24, 2.45) is 0 Å². The minimum absolute atomic E-state index is 0.828. The Morgan fingerprint density at radius 1 is 1.41 bits per heavy atom. The van der Waals surface area contributed by atoms with E-state index in [0.29, 0.717) is 0 Å². The number of nitrogens with zero attached hydrogens (tertiary/aromatic N) is 3. The van der Waals surface area contributed by atoms with Crippen LogP contribution in [0.25, 0.3) is 0 Å². The van der Waals surface area contributed by atoms with Gasteiger partial charge in [-0.2, -0.15) is 11.3 Å². The van der Waals surface area contributed by atoms with E-state index in [1.165, 1.54) is 17.1 Å². The van der Waals surface area contributed by atoms with Gasteiger partial charge in [0.1, 0.15) is 10.7 Å². The van der Waals surface area contributed by atoms with E-state index in [4.69, 9.17) is 0 Å². The molecular formula is C11H16N4S2. The zero-order valence-corrected chi connectivity index (χ0v) is 11.6. The van der Waals surface area contributed by atoms with Crippen LogP contribution in [0.15, 0.2) is 16.8 Å². The molecule has 0 unspecified atom stereocenters. The van der Waals surface area contributed by atoms with E-state index in [0.717, 1.165) is 30.3 Å². The first-order valence-corrected chi connectivity index (χ1v) is 7.26. The van der Waals surface area contributed by atoms with Crippen LogP contribution in [0.2, 0.25) is 0 Å². The standard InChI is InChI=1S/C11H16N4S2/c1-3-12-11-10(13-14-17-11)7-15(2)6-9-4-5-16-8-9/h4-5,8,12H,3,6-7H2,1-2H3. The molecule has 0 saturated carbocycles. The summed E-state index contributed by atoms with van der Waals surface area (Å²) in [5.41, 5.74) is 2.39. The Morgan fingerprint density at radius 2 is 2.29 bits per heavy atom. The molecule has 0 spiro atoms. The second-order valence-electron chi connectivity index (χ2n) is 3.88. The second-order valence-corrected chi connectivity index (χ2v) is 5.42. The van der Waals surface area contributed by atoms with Crippen LogP contribution in [0.1, 0.15) is 18.2 Å². The molecule has 2 aromatic rings. The minimum atomic E-state index is 0.828. The predicted octanol–water partition coefficient (Wildman–Crippen LogP) is 2.66. The molecule has 0 aromatic carbocycles. The van der Waals surface area contributed by atoms with E-state index < -0.39 is 0 Å². The van der Waals surface area contributed by atoms with E-state index in [9.17, 15) is 0 Å². The van der Waals surface area contributed by atoms with Gasteiger partial charge in [0.15, 0.2) is 0 Å². The maximum Gasteiger partial charge on any atom is 0.134 e. The van der Waals surface area contributed by atoms with Crippen molar-refractivity contribution in [2.45, 2.75) is 20.0 Å². The Labute approximate surface area is 109 Å². The fraction of sp³-hybridized carbons (Fsp3) is 0.455. The lowest BCUT2D eigenvalue weighted by Crippen LogP contribution is -2.18. The summed E-state index contributed by atoms with van der Waals surface area (Å²) in [6.07, 6.45) is 0. The number of aromatic nitrogens is 2. The first-order valence-electron chi connectivity index (χ1n) is 5.54. The average molecular weight is 268 g/mol. The monoisotopic (exact) mass is 268 g/mol. The van der Waals surface area contributed by atoms with Crippen molar-refractivity contribution in [3.05, 3.63) is 28.1 Å². The summed E-state index contributed by atoms with van der Waals surface area (Å²) in [6.45, 7) is 4.77. The molecule has 0 fully saturated rings. The van der Waals surface area contributed by atoms with Gasteiger partial charge in [-0.15, -0.1) is 5.10 Å². The molecule has 17 heavy (non-hydrogen) atoms. The zero-order chi connectivity index (χ0) is 12.1. The molecule has 0 aliphatic carbocycles. The SMILES string of the molecule is CCNc1snnc1CN(C)Cc1ccsc1. The van der Waals surface area contributed by atoms with Crippen molar-refractivity contribution in [3.8, 4) is 0 Å². The smallest absolute Gasteiger partial charge is 0.134 e. The third kappa shape index (κ3) is 3.49. The summed E-state index contributed by atoms with van der Waals surface area (Å²) < 4.78 is 4.00. The summed E-state index contributed by atoms with van der Waals surface area (Å²) in [4.78, 5) is 2.25. The summed E-state index contributed by atoms with van der Waals surface area (Å²) in [5.74, 6) is 0. The number of nitrogens with one attached hydrogen (secondary N) is 1. The topological polar surface area (TPSA) is 41.1 Å². The summed E-state index contributed by atoms with van der Waals surface area (Å²) >= 11 is 3.16. The van der Waals surface area contributed by atoms with Crippen LogP contribution in [0.4, 0.5) is 5.00 Å². The van der Waals surface area contributed by atoms with Crippen LogP contribution in [0.5, 0.6) is 0 Å². The molecular weight excluding hydrogens is 252 g/mol. The van der Waals surface area contributed by atoms with Crippen LogP contribution < -0.4 is 5.32 Å². The summed E-state index contributed by atoms with van der Waals surface area (Å²) in [7, 11) is 2.10. The molecule has 0 radical (unpaired) electrons. The number of hydrogen-bond acceptors (Lipinski definition) is 6. The lowest BCUT2D eigenvalue weighted by Gasteiger charge is -2.14. The number of thiophene rings is 1. The molecule has 0 aliphatic rings. The Morgan fingerprint density at radius 3 is 3.00 bits per heavy atom. The Bertz CT molecular complexity index is 438. The molecule has 0 atom stereocenters. The number of rotatable bonds is 6. The summed E-state index contributed by atoms with van der Waals surface area (Å²) in [5, 5.41) is 12.8. The van der Waals surface area contributed by atoms with Gasteiger partial charge >= 0.3 is 0 Å². The Balaban J connectivity index is 1.93. The van der Waals surface area contributed by atoms with E-state index in [-0.39, 0.29) is 0 Å². The van der Waals surface area contributed by atoms with Crippen molar-refractivity contribution in [1.29, 1.82) is 0 Å². The normalized spacial score (nSPS) is 11.0. The predicted molar refractivity (Wildman–Crippen MR) is 73.6 cm³/mol. The van der Waals surface area contributed by atoms with Gasteiger partial charge in [-0.05, 0) is 36.4 Å². The van der Waals surface area contributed by atoms with E-state index >= 15 is 0 Å². The third-order valence-corrected chi connectivity index (χ3v) is 3.80. The van der Waals surface area contributed by atoms with Crippen LogP contribution in [0.3, 0.4) is 0 Å². The fourth-order valence-corrected chi connectivity index (χ4v) is 2.91. The van der Waals surface area contributed by atoms with Gasteiger partial charge < -0.3 is 5.32 Å². The molecule has 4 nitrogen and oxygen atoms in total. The highest BCUT2D eigenvalue weighted by Gasteiger charge is 2.10. The molecule has 0 amide bonds. The first kappa shape index (κ1) is 12.5. The highest BCUT2D eigenvalue weighted by atomic mass is 32.1. The Kier molecular flexibility index (Phi) is 4.47. The van der Waals surface area contributed by atoms with Crippen molar-refractivity contribution >= 4 is 27.9 Å². The quantitative estimate of drug-likeness (QED) is 0.874. The molecule has 2 heterocycles. The van der Waals surface area contributed by atoms with Crippen LogP contribution in [0, 0.1) is 0 Å². The molecule has 0 saturated heterocycles. The lowest BCUT2D eigenvalue weighted by atomic mass is 10.3. The fourth-order valence-electron chi connectivity index (χ4n) is 1.61. The highest BCUT2D eigenvalue weighted by molar-refractivity contribution is 7.10. The zero-order valence-electron chi connectivity index (χ0n) is 10.0. The molecule has 0 aliphatic heterocycles. The second kappa shape index (κ2) is 6.09. The van der Waals surface area contributed by atoms with E-state index in [1.54, 1.807) is 11.3 Å². The highest BCUT2D eigenvalue weighted by Crippen LogP contribution is 2.19. The van der Waals surface area contributed by atoms with E-state index in [2.05, 4.69) is 50.6 Å². The van der Waals surface area contributed by atoms with Gasteiger partial charge in [0, 0.05) is 31.2 Å². The van der Waals surface area contributed by atoms with E-state index in [1.807, 2.05) is 0 Å². The molecule has 92 valence electrons. The van der Waals surface area contributed by atoms with Gasteiger partial charge in [-0.3, -0.25) is 4.90 Å². The van der Waals surface area contributed by atoms with Crippen molar-refractivity contribution in [2.75, 3.05) is 18.9 Å². The Hall–Kier alpha value is -0.980. The van der Waals surface area contributed by atoms with Crippen LogP contribution in [-0.4, -0.2) is 28.1 Å². The minimum Gasteiger partial charge on any atom is -0.374 e. The van der Waals surface area contributed by atoms with Gasteiger partial charge in [-0.1, -0.05) is 4.49 Å². The van der Waals surface area contributed by atoms with Gasteiger partial charge in [0.25, 0.3) is 0 Å². The van der Waals surface area contributed by atoms with Crippen LogP contribution in [-0.2, 0) is 13.1 Å². The average Bonchev–Trinajstić information content (AvgIpc) is 2.92. The van der Waals surface area contributed by atoms with Gasteiger partial charge in [-0.25, -0.2) is 0 Å². The molecule has 2 aromatic heterocycles. The molecule has 1 N–H and O–H groups in total.